The van der Waals surface area contributed by atoms with Crippen LogP contribution in [0.5, 0.6) is 0 Å². The monoisotopic (exact) mass is 237 g/mol. The van der Waals surface area contributed by atoms with Crippen molar-refractivity contribution in [2.75, 3.05) is 32.7 Å². The molecule has 2 rings (SSSR count). The molecule has 0 aromatic rings. The van der Waals surface area contributed by atoms with Crippen molar-refractivity contribution < 1.29 is 13.2 Å². The summed E-state index contributed by atoms with van der Waals surface area (Å²) in [6, 6.07) is -0.821. The number of hydrogen-bond donors (Lipinski definition) is 1. The molecule has 2 N–H and O–H groups in total. The standard InChI is InChI=1S/C10H18F3N3/c11-10(12,13)9(7-14)16-5-3-15(4-6-16)8-1-2-8/h8-9H,1-7,14H2. The zero-order chi connectivity index (χ0) is 11.8. The summed E-state index contributed by atoms with van der Waals surface area (Å²) in [4.78, 5) is 3.76. The van der Waals surface area contributed by atoms with Crippen molar-refractivity contribution in [3.63, 3.8) is 0 Å². The van der Waals surface area contributed by atoms with Crippen LogP contribution in [-0.4, -0.2) is 60.8 Å². The molecule has 0 radical (unpaired) electrons. The van der Waals surface area contributed by atoms with Crippen molar-refractivity contribution in [1.82, 2.24) is 9.80 Å². The van der Waals surface area contributed by atoms with E-state index >= 15 is 0 Å². The van der Waals surface area contributed by atoms with Gasteiger partial charge >= 0.3 is 6.18 Å². The van der Waals surface area contributed by atoms with E-state index in [4.69, 9.17) is 5.73 Å². The summed E-state index contributed by atoms with van der Waals surface area (Å²) in [5.41, 5.74) is 5.22. The van der Waals surface area contributed by atoms with Gasteiger partial charge in [-0.05, 0) is 12.8 Å². The van der Waals surface area contributed by atoms with Crippen LogP contribution in [0.3, 0.4) is 0 Å². The lowest BCUT2D eigenvalue weighted by Gasteiger charge is -2.39. The Morgan fingerprint density at radius 2 is 1.69 bits per heavy atom. The predicted molar refractivity (Wildman–Crippen MR) is 55.1 cm³/mol. The molecular weight excluding hydrogens is 219 g/mol. The molecule has 1 unspecified atom stereocenters. The maximum Gasteiger partial charge on any atom is 0.405 e. The van der Waals surface area contributed by atoms with Gasteiger partial charge in [-0.25, -0.2) is 0 Å². The molecule has 16 heavy (non-hydrogen) atoms. The zero-order valence-corrected chi connectivity index (χ0v) is 9.21. The van der Waals surface area contributed by atoms with E-state index in [1.165, 1.54) is 17.7 Å². The van der Waals surface area contributed by atoms with Gasteiger partial charge in [0.2, 0.25) is 0 Å². The van der Waals surface area contributed by atoms with Crippen molar-refractivity contribution in [2.45, 2.75) is 31.1 Å². The highest BCUT2D eigenvalue weighted by atomic mass is 19.4. The minimum Gasteiger partial charge on any atom is -0.329 e. The van der Waals surface area contributed by atoms with Crippen molar-refractivity contribution in [1.29, 1.82) is 0 Å². The third kappa shape index (κ3) is 2.67. The van der Waals surface area contributed by atoms with Gasteiger partial charge in [0.05, 0.1) is 0 Å². The second kappa shape index (κ2) is 4.50. The first-order valence-electron chi connectivity index (χ1n) is 5.77. The Morgan fingerprint density at radius 3 is 2.06 bits per heavy atom. The fourth-order valence-electron chi connectivity index (χ4n) is 2.34. The molecule has 3 nitrogen and oxygen atoms in total. The number of alkyl halides is 3. The molecule has 1 saturated heterocycles. The highest BCUT2D eigenvalue weighted by molar-refractivity contribution is 4.90. The van der Waals surface area contributed by atoms with Gasteiger partial charge in [-0.1, -0.05) is 0 Å². The molecule has 1 atom stereocenters. The van der Waals surface area contributed by atoms with Crippen LogP contribution in [0.4, 0.5) is 13.2 Å². The van der Waals surface area contributed by atoms with Crippen LogP contribution in [0.1, 0.15) is 12.8 Å². The highest BCUT2D eigenvalue weighted by Crippen LogP contribution is 2.29. The molecule has 2 fully saturated rings. The van der Waals surface area contributed by atoms with E-state index in [2.05, 4.69) is 4.90 Å². The minimum absolute atomic E-state index is 0.340. The first-order chi connectivity index (χ1) is 7.52. The fraction of sp³-hybridized carbons (Fsp3) is 1.00. The Kier molecular flexibility index (Phi) is 3.42. The van der Waals surface area contributed by atoms with Crippen LogP contribution < -0.4 is 5.73 Å². The predicted octanol–water partition coefficient (Wildman–Crippen LogP) is 0.656. The topological polar surface area (TPSA) is 32.5 Å². The lowest BCUT2D eigenvalue weighted by atomic mass is 10.2. The average Bonchev–Trinajstić information content (AvgIpc) is 3.01. The van der Waals surface area contributed by atoms with Gasteiger partial charge in [0.15, 0.2) is 0 Å². The number of hydrogen-bond acceptors (Lipinski definition) is 3. The number of nitrogens with two attached hydrogens (primary N) is 1. The lowest BCUT2D eigenvalue weighted by molar-refractivity contribution is -0.184. The molecule has 0 aromatic carbocycles. The normalized spacial score (nSPS) is 27.0. The molecule has 0 bridgehead atoms. The molecule has 0 aromatic heterocycles. The number of piperazine rings is 1. The third-order valence-electron chi connectivity index (χ3n) is 3.45. The summed E-state index contributed by atoms with van der Waals surface area (Å²) in [5, 5.41) is 0. The highest BCUT2D eigenvalue weighted by Gasteiger charge is 2.44. The Bertz CT molecular complexity index is 232. The van der Waals surface area contributed by atoms with Gasteiger partial charge in [0.25, 0.3) is 0 Å². The Labute approximate surface area is 93.4 Å². The fourth-order valence-corrected chi connectivity index (χ4v) is 2.34. The SMILES string of the molecule is NCC(N1CCN(C2CC2)CC1)C(F)(F)F. The van der Waals surface area contributed by atoms with Gasteiger partial charge in [0.1, 0.15) is 6.04 Å². The first-order valence-corrected chi connectivity index (χ1v) is 5.77. The molecule has 1 saturated carbocycles. The van der Waals surface area contributed by atoms with Gasteiger partial charge in [-0.2, -0.15) is 13.2 Å². The molecule has 1 heterocycles. The Morgan fingerprint density at radius 1 is 1.12 bits per heavy atom. The lowest BCUT2D eigenvalue weighted by Crippen LogP contribution is -2.57. The average molecular weight is 237 g/mol. The van der Waals surface area contributed by atoms with Gasteiger partial charge in [-0.3, -0.25) is 9.80 Å². The van der Waals surface area contributed by atoms with E-state index < -0.39 is 12.2 Å². The Balaban J connectivity index is 1.86. The van der Waals surface area contributed by atoms with Crippen molar-refractivity contribution >= 4 is 0 Å². The maximum atomic E-state index is 12.6. The van der Waals surface area contributed by atoms with Crippen molar-refractivity contribution in [2.24, 2.45) is 5.73 Å². The van der Waals surface area contributed by atoms with Crippen molar-refractivity contribution in [3.8, 4) is 0 Å². The van der Waals surface area contributed by atoms with Gasteiger partial charge in [0, 0.05) is 38.8 Å². The van der Waals surface area contributed by atoms with Gasteiger partial charge in [-0.15, -0.1) is 0 Å². The van der Waals surface area contributed by atoms with E-state index in [1.807, 2.05) is 0 Å². The van der Waals surface area contributed by atoms with E-state index in [-0.39, 0.29) is 6.54 Å². The van der Waals surface area contributed by atoms with E-state index in [1.54, 1.807) is 0 Å². The van der Waals surface area contributed by atoms with Crippen LogP contribution in [0.15, 0.2) is 0 Å². The van der Waals surface area contributed by atoms with Gasteiger partial charge < -0.3 is 5.73 Å². The van der Waals surface area contributed by atoms with E-state index in [0.29, 0.717) is 19.1 Å². The molecule has 94 valence electrons. The molecular formula is C10H18F3N3. The molecule has 2 aliphatic rings. The first kappa shape index (κ1) is 12.1. The number of rotatable bonds is 3. The van der Waals surface area contributed by atoms with E-state index in [9.17, 15) is 13.2 Å². The quantitative estimate of drug-likeness (QED) is 0.782. The summed E-state index contributed by atoms with van der Waals surface area (Å²) in [6.07, 6.45) is -1.78. The van der Waals surface area contributed by atoms with Crippen LogP contribution >= 0.6 is 0 Å². The number of nitrogens with zero attached hydrogens (tertiary/aromatic N) is 2. The third-order valence-corrected chi connectivity index (χ3v) is 3.45. The smallest absolute Gasteiger partial charge is 0.329 e. The Hall–Kier alpha value is -0.330. The van der Waals surface area contributed by atoms with E-state index in [0.717, 1.165) is 13.1 Å². The summed E-state index contributed by atoms with van der Waals surface area (Å²) < 4.78 is 37.9. The summed E-state index contributed by atoms with van der Waals surface area (Å²) in [5.74, 6) is 0. The van der Waals surface area contributed by atoms with Crippen LogP contribution in [0.25, 0.3) is 0 Å². The van der Waals surface area contributed by atoms with Crippen molar-refractivity contribution in [3.05, 3.63) is 0 Å². The summed E-state index contributed by atoms with van der Waals surface area (Å²) >= 11 is 0. The van der Waals surface area contributed by atoms with Crippen LogP contribution in [-0.2, 0) is 0 Å². The molecule has 6 heteroatoms. The number of halogens is 3. The molecule has 1 aliphatic carbocycles. The minimum atomic E-state index is -4.20. The second-order valence-electron chi connectivity index (χ2n) is 4.60. The summed E-state index contributed by atoms with van der Waals surface area (Å²) in [7, 11) is 0. The summed E-state index contributed by atoms with van der Waals surface area (Å²) in [6.45, 7) is 2.12. The second-order valence-corrected chi connectivity index (χ2v) is 4.60. The zero-order valence-electron chi connectivity index (χ0n) is 9.21. The van der Waals surface area contributed by atoms with Crippen LogP contribution in [0, 0.1) is 0 Å². The molecule has 0 spiro atoms. The largest absolute Gasteiger partial charge is 0.405 e. The maximum absolute atomic E-state index is 12.6. The van der Waals surface area contributed by atoms with Crippen LogP contribution in [0.2, 0.25) is 0 Å². The molecule has 0 amide bonds. The molecule has 1 aliphatic heterocycles.